The summed E-state index contributed by atoms with van der Waals surface area (Å²) in [6.07, 6.45) is 2.72. The van der Waals surface area contributed by atoms with E-state index < -0.39 is 10.0 Å². The molecule has 2 unspecified atom stereocenters. The van der Waals surface area contributed by atoms with Gasteiger partial charge in [-0.2, -0.15) is 4.31 Å². The molecule has 1 fully saturated rings. The highest BCUT2D eigenvalue weighted by molar-refractivity contribution is 7.89. The lowest BCUT2D eigenvalue weighted by Gasteiger charge is -2.29. The fraction of sp³-hybridized carbons (Fsp3) is 0.625. The van der Waals surface area contributed by atoms with Gasteiger partial charge in [-0.05, 0) is 63.6 Å². The molecule has 0 amide bonds. The number of aryl methyl sites for hydroxylation is 2. The number of benzene rings is 1. The van der Waals surface area contributed by atoms with Crippen LogP contribution in [-0.2, 0) is 10.0 Å². The third-order valence-corrected chi connectivity index (χ3v) is 7.04. The predicted octanol–water partition coefficient (Wildman–Crippen LogP) is 3.15. The molecule has 1 aromatic carbocycles. The van der Waals surface area contributed by atoms with Crippen LogP contribution in [0.15, 0.2) is 11.0 Å². The van der Waals surface area contributed by atoms with Crippen LogP contribution in [0.25, 0.3) is 0 Å². The second-order valence-corrected chi connectivity index (χ2v) is 7.98. The molecule has 0 aromatic heterocycles. The van der Waals surface area contributed by atoms with E-state index >= 15 is 0 Å². The molecule has 1 aliphatic rings. The predicted molar refractivity (Wildman–Crippen MR) is 86.9 cm³/mol. The van der Waals surface area contributed by atoms with E-state index in [9.17, 15) is 8.42 Å². The van der Waals surface area contributed by atoms with E-state index in [-0.39, 0.29) is 12.1 Å². The van der Waals surface area contributed by atoms with Gasteiger partial charge in [-0.15, -0.1) is 0 Å². The number of hydrogen-bond acceptors (Lipinski definition) is 3. The zero-order chi connectivity index (χ0) is 15.9. The van der Waals surface area contributed by atoms with Gasteiger partial charge in [0, 0.05) is 17.8 Å². The molecule has 2 N–H and O–H groups in total. The van der Waals surface area contributed by atoms with Crippen molar-refractivity contribution in [2.24, 2.45) is 0 Å². The van der Waals surface area contributed by atoms with Gasteiger partial charge in [0.05, 0.1) is 4.90 Å². The average molecular weight is 310 g/mol. The number of nitrogens with zero attached hydrogens (tertiary/aromatic N) is 1. The van der Waals surface area contributed by atoms with Gasteiger partial charge in [0.2, 0.25) is 10.0 Å². The summed E-state index contributed by atoms with van der Waals surface area (Å²) in [7, 11) is -3.50. The fourth-order valence-electron chi connectivity index (χ4n) is 3.55. The number of sulfonamides is 1. The molecule has 5 heteroatoms. The number of rotatable bonds is 3. The molecule has 0 bridgehead atoms. The van der Waals surface area contributed by atoms with Crippen LogP contribution < -0.4 is 5.73 Å². The number of anilines is 1. The first-order chi connectivity index (χ1) is 9.71. The summed E-state index contributed by atoms with van der Waals surface area (Å²) < 4.78 is 28.1. The summed E-state index contributed by atoms with van der Waals surface area (Å²) in [5, 5.41) is 0. The molecule has 0 spiro atoms. The van der Waals surface area contributed by atoms with E-state index in [1.807, 2.05) is 33.8 Å². The highest BCUT2D eigenvalue weighted by Crippen LogP contribution is 2.36. The average Bonchev–Trinajstić information content (AvgIpc) is 2.77. The third kappa shape index (κ3) is 2.57. The normalized spacial score (nSPS) is 23.7. The van der Waals surface area contributed by atoms with Crippen molar-refractivity contribution in [3.05, 3.63) is 22.8 Å². The van der Waals surface area contributed by atoms with Gasteiger partial charge in [-0.1, -0.05) is 13.0 Å². The SMILES string of the molecule is CCC1CCC(C)N1S(=O)(=O)c1c(C)cc(C)c(N)c1C. The van der Waals surface area contributed by atoms with Gasteiger partial charge < -0.3 is 5.73 Å². The lowest BCUT2D eigenvalue weighted by atomic mass is 10.1. The summed E-state index contributed by atoms with van der Waals surface area (Å²) >= 11 is 0. The maximum Gasteiger partial charge on any atom is 0.244 e. The molecule has 4 nitrogen and oxygen atoms in total. The summed E-state index contributed by atoms with van der Waals surface area (Å²) in [5.41, 5.74) is 9.05. The van der Waals surface area contributed by atoms with E-state index in [4.69, 9.17) is 5.73 Å². The summed E-state index contributed by atoms with van der Waals surface area (Å²) in [6.45, 7) is 9.63. The van der Waals surface area contributed by atoms with Crippen molar-refractivity contribution in [2.75, 3.05) is 5.73 Å². The highest BCUT2D eigenvalue weighted by atomic mass is 32.2. The fourth-order valence-corrected chi connectivity index (χ4v) is 5.95. The zero-order valence-electron chi connectivity index (χ0n) is 13.6. The van der Waals surface area contributed by atoms with Gasteiger partial charge in [-0.3, -0.25) is 0 Å². The first-order valence-electron chi connectivity index (χ1n) is 7.61. The molecule has 1 saturated heterocycles. The molecule has 2 rings (SSSR count). The molecular formula is C16H26N2O2S. The van der Waals surface area contributed by atoms with Crippen molar-refractivity contribution in [3.8, 4) is 0 Å². The van der Waals surface area contributed by atoms with Gasteiger partial charge in [-0.25, -0.2) is 8.42 Å². The Balaban J connectivity index is 2.63. The Hall–Kier alpha value is -1.07. The van der Waals surface area contributed by atoms with Crippen LogP contribution in [0.2, 0.25) is 0 Å². The van der Waals surface area contributed by atoms with Crippen molar-refractivity contribution < 1.29 is 8.42 Å². The van der Waals surface area contributed by atoms with Gasteiger partial charge in [0.25, 0.3) is 0 Å². The van der Waals surface area contributed by atoms with Crippen LogP contribution in [0.4, 0.5) is 5.69 Å². The minimum Gasteiger partial charge on any atom is -0.398 e. The monoisotopic (exact) mass is 310 g/mol. The number of nitrogen functional groups attached to an aromatic ring is 1. The van der Waals surface area contributed by atoms with Crippen LogP contribution in [0.5, 0.6) is 0 Å². The standard InChI is InChI=1S/C16H26N2O2S/c1-6-14-8-7-12(4)18(14)21(19,20)16-11(3)9-10(2)15(17)13(16)5/h9,12,14H,6-8,17H2,1-5H3. The number of hydrogen-bond donors (Lipinski definition) is 1. The molecule has 118 valence electrons. The molecule has 0 saturated carbocycles. The minimum atomic E-state index is -3.50. The molecule has 0 radical (unpaired) electrons. The van der Waals surface area contributed by atoms with Crippen LogP contribution in [0.1, 0.15) is 49.8 Å². The van der Waals surface area contributed by atoms with Crippen molar-refractivity contribution in [2.45, 2.75) is 70.9 Å². The zero-order valence-corrected chi connectivity index (χ0v) is 14.4. The first kappa shape index (κ1) is 16.3. The summed E-state index contributed by atoms with van der Waals surface area (Å²) in [4.78, 5) is 0.401. The van der Waals surface area contributed by atoms with Crippen molar-refractivity contribution >= 4 is 15.7 Å². The molecule has 1 aromatic rings. The molecule has 2 atom stereocenters. The molecular weight excluding hydrogens is 284 g/mol. The Kier molecular flexibility index (Phi) is 4.36. The molecule has 0 aliphatic carbocycles. The Morgan fingerprint density at radius 2 is 1.86 bits per heavy atom. The van der Waals surface area contributed by atoms with Gasteiger partial charge >= 0.3 is 0 Å². The minimum absolute atomic E-state index is 0.0567. The van der Waals surface area contributed by atoms with Crippen LogP contribution >= 0.6 is 0 Å². The topological polar surface area (TPSA) is 63.4 Å². The Morgan fingerprint density at radius 1 is 1.24 bits per heavy atom. The van der Waals surface area contributed by atoms with E-state index in [0.717, 1.165) is 30.4 Å². The third-order valence-electron chi connectivity index (χ3n) is 4.68. The maximum absolute atomic E-state index is 13.2. The summed E-state index contributed by atoms with van der Waals surface area (Å²) in [5.74, 6) is 0. The van der Waals surface area contributed by atoms with Crippen molar-refractivity contribution in [1.82, 2.24) is 4.31 Å². The van der Waals surface area contributed by atoms with E-state index in [2.05, 4.69) is 6.92 Å². The van der Waals surface area contributed by atoms with E-state index in [1.165, 1.54) is 0 Å². The van der Waals surface area contributed by atoms with Gasteiger partial charge in [0.15, 0.2) is 0 Å². The quantitative estimate of drug-likeness (QED) is 0.872. The Morgan fingerprint density at radius 3 is 2.43 bits per heavy atom. The van der Waals surface area contributed by atoms with E-state index in [0.29, 0.717) is 16.1 Å². The Bertz CT molecular complexity index is 653. The molecule has 1 heterocycles. The maximum atomic E-state index is 13.2. The van der Waals surface area contributed by atoms with Crippen molar-refractivity contribution in [3.63, 3.8) is 0 Å². The van der Waals surface area contributed by atoms with Crippen LogP contribution in [0.3, 0.4) is 0 Å². The second kappa shape index (κ2) is 5.61. The van der Waals surface area contributed by atoms with Gasteiger partial charge in [0.1, 0.15) is 0 Å². The molecule has 1 aliphatic heterocycles. The van der Waals surface area contributed by atoms with Crippen molar-refractivity contribution in [1.29, 1.82) is 0 Å². The largest absolute Gasteiger partial charge is 0.398 e. The number of nitrogens with two attached hydrogens (primary N) is 1. The lowest BCUT2D eigenvalue weighted by Crippen LogP contribution is -2.40. The Labute approximate surface area is 128 Å². The van der Waals surface area contributed by atoms with E-state index in [1.54, 1.807) is 4.31 Å². The lowest BCUT2D eigenvalue weighted by molar-refractivity contribution is 0.328. The first-order valence-corrected chi connectivity index (χ1v) is 9.05. The smallest absolute Gasteiger partial charge is 0.244 e. The molecule has 21 heavy (non-hydrogen) atoms. The highest BCUT2D eigenvalue weighted by Gasteiger charge is 2.40. The summed E-state index contributed by atoms with van der Waals surface area (Å²) in [6, 6.07) is 2.03. The van der Waals surface area contributed by atoms with Crippen LogP contribution in [0, 0.1) is 20.8 Å². The van der Waals surface area contributed by atoms with Crippen LogP contribution in [-0.4, -0.2) is 24.8 Å². The second-order valence-electron chi connectivity index (χ2n) is 6.20.